The van der Waals surface area contributed by atoms with E-state index >= 15 is 0 Å². The van der Waals surface area contributed by atoms with Crippen LogP contribution < -0.4 is 10.6 Å². The average Bonchev–Trinajstić information content (AvgIpc) is 3.27. The molecule has 132 valence electrons. The third-order valence-electron chi connectivity index (χ3n) is 3.82. The highest BCUT2D eigenvalue weighted by molar-refractivity contribution is 6.31. The molecule has 1 saturated carbocycles. The number of hydrogen-bond acceptors (Lipinski definition) is 2. The molecule has 0 saturated heterocycles. The van der Waals surface area contributed by atoms with E-state index in [0.717, 1.165) is 12.1 Å². The predicted octanol–water partition coefficient (Wildman–Crippen LogP) is 3.85. The molecule has 0 heterocycles. The molecule has 2 N–H and O–H groups in total. The lowest BCUT2D eigenvalue weighted by atomic mass is 10.0. The fourth-order valence-corrected chi connectivity index (χ4v) is 2.44. The Balaban J connectivity index is 2.11. The lowest BCUT2D eigenvalue weighted by molar-refractivity contribution is -0.138. The normalized spacial score (nSPS) is 16.0. The van der Waals surface area contributed by atoms with Gasteiger partial charge in [0.2, 0.25) is 11.8 Å². The van der Waals surface area contributed by atoms with Crippen LogP contribution in [-0.4, -0.2) is 18.4 Å². The first-order chi connectivity index (χ1) is 11.1. The third-order valence-corrected chi connectivity index (χ3v) is 4.15. The van der Waals surface area contributed by atoms with E-state index < -0.39 is 34.0 Å². The molecule has 2 amide bonds. The molecule has 8 heteroatoms. The first kappa shape index (κ1) is 18.6. The molecule has 0 aromatic heterocycles. The molecule has 0 spiro atoms. The summed E-state index contributed by atoms with van der Waals surface area (Å²) in [5.41, 5.74) is -2.26. The number of rotatable bonds is 5. The van der Waals surface area contributed by atoms with Gasteiger partial charge in [-0.25, -0.2) is 0 Å². The van der Waals surface area contributed by atoms with Gasteiger partial charge in [-0.1, -0.05) is 25.4 Å². The molecular weight excluding hydrogens is 345 g/mol. The van der Waals surface area contributed by atoms with Crippen LogP contribution in [0.4, 0.5) is 18.9 Å². The highest BCUT2D eigenvalue weighted by Crippen LogP contribution is 2.47. The van der Waals surface area contributed by atoms with Gasteiger partial charge in [-0.15, -0.1) is 0 Å². The fraction of sp³-hybridized carbons (Fsp3) is 0.500. The summed E-state index contributed by atoms with van der Waals surface area (Å²) >= 11 is 5.54. The summed E-state index contributed by atoms with van der Waals surface area (Å²) in [6, 6.07) is 3.11. The van der Waals surface area contributed by atoms with Gasteiger partial charge in [0.15, 0.2) is 0 Å². The van der Waals surface area contributed by atoms with E-state index in [0.29, 0.717) is 19.4 Å². The minimum absolute atomic E-state index is 0.0420. The zero-order chi connectivity index (χ0) is 18.1. The monoisotopic (exact) mass is 362 g/mol. The number of hydrogen-bond donors (Lipinski definition) is 2. The van der Waals surface area contributed by atoms with Gasteiger partial charge in [0, 0.05) is 12.2 Å². The van der Waals surface area contributed by atoms with Crippen molar-refractivity contribution in [1.29, 1.82) is 0 Å². The van der Waals surface area contributed by atoms with Gasteiger partial charge in [-0.2, -0.15) is 13.2 Å². The lowest BCUT2D eigenvalue weighted by Crippen LogP contribution is -2.41. The maximum absolute atomic E-state index is 12.9. The van der Waals surface area contributed by atoms with E-state index in [9.17, 15) is 22.8 Å². The topological polar surface area (TPSA) is 58.2 Å². The van der Waals surface area contributed by atoms with Gasteiger partial charge in [-0.3, -0.25) is 9.59 Å². The molecule has 1 aromatic carbocycles. The lowest BCUT2D eigenvalue weighted by Gasteiger charge is -2.17. The quantitative estimate of drug-likeness (QED) is 0.782. The zero-order valence-electron chi connectivity index (χ0n) is 13.3. The van der Waals surface area contributed by atoms with E-state index in [1.807, 2.05) is 13.8 Å². The summed E-state index contributed by atoms with van der Waals surface area (Å²) in [6.45, 7) is 4.28. The van der Waals surface area contributed by atoms with E-state index in [4.69, 9.17) is 11.6 Å². The number of benzene rings is 1. The van der Waals surface area contributed by atoms with Crippen LogP contribution in [-0.2, 0) is 15.8 Å². The molecule has 1 aromatic rings. The van der Waals surface area contributed by atoms with E-state index in [2.05, 4.69) is 10.6 Å². The highest BCUT2D eigenvalue weighted by Gasteiger charge is 2.56. The summed E-state index contributed by atoms with van der Waals surface area (Å²) in [6.07, 6.45) is -3.87. The highest BCUT2D eigenvalue weighted by atomic mass is 35.5. The number of alkyl halides is 3. The second-order valence-corrected chi connectivity index (χ2v) is 6.74. The fourth-order valence-electron chi connectivity index (χ4n) is 2.22. The average molecular weight is 363 g/mol. The van der Waals surface area contributed by atoms with Crippen LogP contribution in [0.3, 0.4) is 0 Å². The Morgan fingerprint density at radius 1 is 1.25 bits per heavy atom. The van der Waals surface area contributed by atoms with E-state index in [-0.39, 0.29) is 11.6 Å². The Kier molecular flexibility index (Phi) is 5.13. The molecule has 0 radical (unpaired) electrons. The van der Waals surface area contributed by atoms with Crippen molar-refractivity contribution in [1.82, 2.24) is 5.32 Å². The summed E-state index contributed by atoms with van der Waals surface area (Å²) in [5, 5.41) is 4.64. The van der Waals surface area contributed by atoms with Crippen LogP contribution in [0.2, 0.25) is 5.02 Å². The first-order valence-electron chi connectivity index (χ1n) is 7.53. The summed E-state index contributed by atoms with van der Waals surface area (Å²) in [5.74, 6) is -0.753. The molecule has 1 aliphatic carbocycles. The van der Waals surface area contributed by atoms with Gasteiger partial charge in [0.25, 0.3) is 0 Å². The Labute approximate surface area is 142 Å². The van der Waals surface area contributed by atoms with Crippen LogP contribution in [0.5, 0.6) is 0 Å². The Hall–Kier alpha value is -1.76. The second-order valence-electron chi connectivity index (χ2n) is 6.33. The Bertz CT molecular complexity index is 655. The van der Waals surface area contributed by atoms with E-state index in [1.165, 1.54) is 6.07 Å². The molecule has 0 bridgehead atoms. The van der Waals surface area contributed by atoms with Gasteiger partial charge in [0.05, 0.1) is 10.6 Å². The van der Waals surface area contributed by atoms with Crippen molar-refractivity contribution in [2.45, 2.75) is 32.9 Å². The minimum Gasteiger partial charge on any atom is -0.355 e. The summed E-state index contributed by atoms with van der Waals surface area (Å²) in [7, 11) is 0. The zero-order valence-corrected chi connectivity index (χ0v) is 14.0. The molecule has 0 aliphatic heterocycles. The number of nitrogens with one attached hydrogen (secondary N) is 2. The molecule has 1 aliphatic rings. The van der Waals surface area contributed by atoms with Crippen molar-refractivity contribution < 1.29 is 22.8 Å². The maximum Gasteiger partial charge on any atom is 0.417 e. The number of amides is 2. The van der Waals surface area contributed by atoms with Crippen molar-refractivity contribution in [3.8, 4) is 0 Å². The van der Waals surface area contributed by atoms with Gasteiger partial charge >= 0.3 is 6.18 Å². The standard InChI is InChI=1S/C16H18ClF3N2O2/c1-9(2)8-21-13(23)15(5-6-15)14(24)22-10-3-4-12(17)11(7-10)16(18,19)20/h3-4,7,9H,5-6,8H2,1-2H3,(H,21,23)(H,22,24). The Morgan fingerprint density at radius 2 is 1.88 bits per heavy atom. The summed E-state index contributed by atoms with van der Waals surface area (Å²) < 4.78 is 38.6. The first-order valence-corrected chi connectivity index (χ1v) is 7.90. The van der Waals surface area contributed by atoms with E-state index in [1.54, 1.807) is 0 Å². The van der Waals surface area contributed by atoms with Gasteiger partial charge in [-0.05, 0) is 37.0 Å². The van der Waals surface area contributed by atoms with Crippen LogP contribution >= 0.6 is 11.6 Å². The van der Waals surface area contributed by atoms with Gasteiger partial charge in [0.1, 0.15) is 5.41 Å². The molecule has 4 nitrogen and oxygen atoms in total. The number of carbonyl (C=O) groups excluding carboxylic acids is 2. The number of carbonyl (C=O) groups is 2. The van der Waals surface area contributed by atoms with Crippen molar-refractivity contribution in [3.05, 3.63) is 28.8 Å². The van der Waals surface area contributed by atoms with Crippen molar-refractivity contribution in [2.75, 3.05) is 11.9 Å². The van der Waals surface area contributed by atoms with Crippen LogP contribution in [0.25, 0.3) is 0 Å². The second kappa shape index (κ2) is 6.63. The minimum atomic E-state index is -4.62. The maximum atomic E-state index is 12.9. The Morgan fingerprint density at radius 3 is 2.38 bits per heavy atom. The third kappa shape index (κ3) is 4.01. The van der Waals surface area contributed by atoms with Crippen molar-refractivity contribution in [3.63, 3.8) is 0 Å². The molecule has 2 rings (SSSR count). The SMILES string of the molecule is CC(C)CNC(=O)C1(C(=O)Nc2ccc(Cl)c(C(F)(F)F)c2)CC1. The van der Waals surface area contributed by atoms with Gasteiger partial charge < -0.3 is 10.6 Å². The summed E-state index contributed by atoms with van der Waals surface area (Å²) in [4.78, 5) is 24.5. The molecule has 0 atom stereocenters. The van der Waals surface area contributed by atoms with Crippen molar-refractivity contribution >= 4 is 29.1 Å². The van der Waals surface area contributed by atoms with Crippen LogP contribution in [0.1, 0.15) is 32.3 Å². The number of anilines is 1. The largest absolute Gasteiger partial charge is 0.417 e. The number of halogens is 4. The molecule has 1 fully saturated rings. The molecular formula is C16H18ClF3N2O2. The van der Waals surface area contributed by atoms with Crippen LogP contribution in [0, 0.1) is 11.3 Å². The smallest absolute Gasteiger partial charge is 0.355 e. The predicted molar refractivity (Wildman–Crippen MR) is 84.6 cm³/mol. The van der Waals surface area contributed by atoms with Crippen molar-refractivity contribution in [2.24, 2.45) is 11.3 Å². The molecule has 24 heavy (non-hydrogen) atoms. The van der Waals surface area contributed by atoms with Crippen LogP contribution in [0.15, 0.2) is 18.2 Å². The molecule has 0 unspecified atom stereocenters.